The summed E-state index contributed by atoms with van der Waals surface area (Å²) in [7, 11) is 3.48. The average Bonchev–Trinajstić information content (AvgIpc) is 2.29. The van der Waals surface area contributed by atoms with Gasteiger partial charge in [0.1, 0.15) is 0 Å². The fourth-order valence-corrected chi connectivity index (χ4v) is 1.68. The van der Waals surface area contributed by atoms with Gasteiger partial charge in [-0.15, -0.1) is 0 Å². The SMILES string of the molecule is CNc1ccc(C(=O)NC(C)COC)cc1C. The highest BCUT2D eigenvalue weighted by Gasteiger charge is 2.10. The molecule has 0 heterocycles. The molecule has 94 valence electrons. The molecule has 1 atom stereocenters. The van der Waals surface area contributed by atoms with Gasteiger partial charge in [-0.3, -0.25) is 4.79 Å². The third-order valence-electron chi connectivity index (χ3n) is 2.55. The molecule has 1 unspecified atom stereocenters. The van der Waals surface area contributed by atoms with Gasteiger partial charge in [0, 0.05) is 31.5 Å². The summed E-state index contributed by atoms with van der Waals surface area (Å²) in [5.41, 5.74) is 2.76. The Balaban J connectivity index is 2.72. The number of nitrogens with one attached hydrogen (secondary N) is 2. The van der Waals surface area contributed by atoms with Gasteiger partial charge < -0.3 is 15.4 Å². The number of benzene rings is 1. The number of carbonyl (C=O) groups is 1. The third-order valence-corrected chi connectivity index (χ3v) is 2.55. The van der Waals surface area contributed by atoms with Gasteiger partial charge in [-0.05, 0) is 37.6 Å². The maximum atomic E-state index is 11.9. The average molecular weight is 236 g/mol. The molecule has 1 aromatic carbocycles. The molecule has 1 rings (SSSR count). The van der Waals surface area contributed by atoms with Gasteiger partial charge in [-0.2, -0.15) is 0 Å². The Morgan fingerprint density at radius 3 is 2.71 bits per heavy atom. The zero-order valence-electron chi connectivity index (χ0n) is 10.8. The van der Waals surface area contributed by atoms with Crippen molar-refractivity contribution in [3.8, 4) is 0 Å². The number of aryl methyl sites for hydroxylation is 1. The summed E-state index contributed by atoms with van der Waals surface area (Å²) in [4.78, 5) is 11.9. The van der Waals surface area contributed by atoms with Gasteiger partial charge in [0.15, 0.2) is 0 Å². The molecule has 4 nitrogen and oxygen atoms in total. The predicted octanol–water partition coefficient (Wildman–Crippen LogP) is 1.80. The van der Waals surface area contributed by atoms with Crippen molar-refractivity contribution in [3.05, 3.63) is 29.3 Å². The molecule has 0 saturated heterocycles. The minimum Gasteiger partial charge on any atom is -0.388 e. The van der Waals surface area contributed by atoms with Crippen LogP contribution in [-0.2, 0) is 4.74 Å². The minimum absolute atomic E-state index is 0.0109. The zero-order valence-corrected chi connectivity index (χ0v) is 10.8. The summed E-state index contributed by atoms with van der Waals surface area (Å²) in [5.74, 6) is -0.0692. The molecular formula is C13H20N2O2. The first kappa shape index (κ1) is 13.5. The maximum Gasteiger partial charge on any atom is 0.251 e. The second kappa shape index (κ2) is 6.25. The number of methoxy groups -OCH3 is 1. The number of amides is 1. The molecule has 0 spiro atoms. The van der Waals surface area contributed by atoms with Gasteiger partial charge in [-0.25, -0.2) is 0 Å². The summed E-state index contributed by atoms with van der Waals surface area (Å²) in [5, 5.41) is 5.95. The molecule has 0 aliphatic heterocycles. The van der Waals surface area contributed by atoms with Crippen LogP contribution in [0, 0.1) is 6.92 Å². The van der Waals surface area contributed by atoms with Crippen molar-refractivity contribution in [2.24, 2.45) is 0 Å². The number of ether oxygens (including phenoxy) is 1. The zero-order chi connectivity index (χ0) is 12.8. The van der Waals surface area contributed by atoms with Crippen molar-refractivity contribution in [3.63, 3.8) is 0 Å². The molecule has 0 fully saturated rings. The van der Waals surface area contributed by atoms with E-state index in [9.17, 15) is 4.79 Å². The highest BCUT2D eigenvalue weighted by Crippen LogP contribution is 2.15. The lowest BCUT2D eigenvalue weighted by molar-refractivity contribution is 0.0905. The first-order valence-corrected chi connectivity index (χ1v) is 5.66. The van der Waals surface area contributed by atoms with Crippen LogP contribution in [0.1, 0.15) is 22.8 Å². The van der Waals surface area contributed by atoms with E-state index in [-0.39, 0.29) is 11.9 Å². The van der Waals surface area contributed by atoms with Crippen molar-refractivity contribution in [2.75, 3.05) is 26.1 Å². The number of rotatable bonds is 5. The predicted molar refractivity (Wildman–Crippen MR) is 69.5 cm³/mol. The molecule has 0 aliphatic carbocycles. The Morgan fingerprint density at radius 2 is 2.18 bits per heavy atom. The summed E-state index contributed by atoms with van der Waals surface area (Å²) < 4.78 is 4.98. The lowest BCUT2D eigenvalue weighted by atomic mass is 10.1. The topological polar surface area (TPSA) is 50.4 Å². The van der Waals surface area contributed by atoms with E-state index >= 15 is 0 Å². The molecular weight excluding hydrogens is 216 g/mol. The van der Waals surface area contributed by atoms with Crippen LogP contribution in [0.4, 0.5) is 5.69 Å². The Bertz CT molecular complexity index is 391. The van der Waals surface area contributed by atoms with Crippen LogP contribution in [0.15, 0.2) is 18.2 Å². The molecule has 17 heavy (non-hydrogen) atoms. The van der Waals surface area contributed by atoms with Crippen molar-refractivity contribution >= 4 is 11.6 Å². The van der Waals surface area contributed by atoms with Gasteiger partial charge >= 0.3 is 0 Å². The van der Waals surface area contributed by atoms with E-state index in [0.717, 1.165) is 11.3 Å². The number of anilines is 1. The molecule has 1 amide bonds. The number of hydrogen-bond donors (Lipinski definition) is 2. The summed E-state index contributed by atoms with van der Waals surface area (Å²) >= 11 is 0. The summed E-state index contributed by atoms with van der Waals surface area (Å²) in [6.07, 6.45) is 0. The van der Waals surface area contributed by atoms with Crippen LogP contribution >= 0.6 is 0 Å². The van der Waals surface area contributed by atoms with E-state index in [2.05, 4.69) is 10.6 Å². The smallest absolute Gasteiger partial charge is 0.251 e. The Morgan fingerprint density at radius 1 is 1.47 bits per heavy atom. The van der Waals surface area contributed by atoms with Gasteiger partial charge in [0.05, 0.1) is 6.61 Å². The lowest BCUT2D eigenvalue weighted by Gasteiger charge is -2.13. The van der Waals surface area contributed by atoms with Gasteiger partial charge in [-0.1, -0.05) is 0 Å². The monoisotopic (exact) mass is 236 g/mol. The van der Waals surface area contributed by atoms with Gasteiger partial charge in [0.25, 0.3) is 5.91 Å². The second-order valence-electron chi connectivity index (χ2n) is 4.11. The van der Waals surface area contributed by atoms with Crippen molar-refractivity contribution in [2.45, 2.75) is 19.9 Å². The van der Waals surface area contributed by atoms with Crippen LogP contribution in [0.3, 0.4) is 0 Å². The molecule has 0 bridgehead atoms. The Labute approximate surface area is 102 Å². The van der Waals surface area contributed by atoms with Crippen LogP contribution in [0.2, 0.25) is 0 Å². The number of carbonyl (C=O) groups excluding carboxylic acids is 1. The maximum absolute atomic E-state index is 11.9. The third kappa shape index (κ3) is 3.75. The Kier molecular flexibility index (Phi) is 4.97. The van der Waals surface area contributed by atoms with E-state index in [1.807, 2.05) is 39.1 Å². The second-order valence-corrected chi connectivity index (χ2v) is 4.11. The fourth-order valence-electron chi connectivity index (χ4n) is 1.68. The first-order chi connectivity index (χ1) is 8.08. The van der Waals surface area contributed by atoms with E-state index in [0.29, 0.717) is 12.2 Å². The summed E-state index contributed by atoms with van der Waals surface area (Å²) in [6.45, 7) is 4.40. The van der Waals surface area contributed by atoms with E-state index < -0.39 is 0 Å². The molecule has 0 aromatic heterocycles. The first-order valence-electron chi connectivity index (χ1n) is 5.66. The standard InChI is InChI=1S/C13H20N2O2/c1-9-7-11(5-6-12(9)14-3)13(16)15-10(2)8-17-4/h5-7,10,14H,8H2,1-4H3,(H,15,16). The quantitative estimate of drug-likeness (QED) is 0.819. The van der Waals surface area contributed by atoms with E-state index in [1.165, 1.54) is 0 Å². The van der Waals surface area contributed by atoms with Crippen molar-refractivity contribution in [1.29, 1.82) is 0 Å². The molecule has 4 heteroatoms. The molecule has 1 aromatic rings. The van der Waals surface area contributed by atoms with Crippen LogP contribution in [-0.4, -0.2) is 32.7 Å². The van der Waals surface area contributed by atoms with Crippen molar-refractivity contribution < 1.29 is 9.53 Å². The molecule has 0 radical (unpaired) electrons. The van der Waals surface area contributed by atoms with Gasteiger partial charge in [0.2, 0.25) is 0 Å². The summed E-state index contributed by atoms with van der Waals surface area (Å²) in [6, 6.07) is 5.61. The minimum atomic E-state index is -0.0692. The van der Waals surface area contributed by atoms with Crippen LogP contribution in [0.5, 0.6) is 0 Å². The van der Waals surface area contributed by atoms with E-state index in [4.69, 9.17) is 4.74 Å². The molecule has 0 aliphatic rings. The highest BCUT2D eigenvalue weighted by molar-refractivity contribution is 5.95. The number of hydrogen-bond acceptors (Lipinski definition) is 3. The molecule has 0 saturated carbocycles. The fraction of sp³-hybridized carbons (Fsp3) is 0.462. The highest BCUT2D eigenvalue weighted by atomic mass is 16.5. The van der Waals surface area contributed by atoms with Crippen LogP contribution in [0.25, 0.3) is 0 Å². The largest absolute Gasteiger partial charge is 0.388 e. The normalized spacial score (nSPS) is 12.0. The lowest BCUT2D eigenvalue weighted by Crippen LogP contribution is -2.35. The molecule has 2 N–H and O–H groups in total. The van der Waals surface area contributed by atoms with E-state index in [1.54, 1.807) is 7.11 Å². The van der Waals surface area contributed by atoms with Crippen molar-refractivity contribution in [1.82, 2.24) is 5.32 Å². The van der Waals surface area contributed by atoms with Crippen LogP contribution < -0.4 is 10.6 Å². The Hall–Kier alpha value is -1.55.